The summed E-state index contributed by atoms with van der Waals surface area (Å²) in [6.45, 7) is -0.860. The molecule has 1 atom stereocenters. The number of nitrogens with one attached hydrogen (secondary N) is 1. The third kappa shape index (κ3) is 4.43. The van der Waals surface area contributed by atoms with Crippen LogP contribution in [0.2, 0.25) is 0 Å². The first kappa shape index (κ1) is 15.8. The van der Waals surface area contributed by atoms with E-state index in [9.17, 15) is 9.59 Å². The first-order chi connectivity index (χ1) is 9.62. The van der Waals surface area contributed by atoms with E-state index in [1.165, 1.54) is 14.2 Å². The van der Waals surface area contributed by atoms with Gasteiger partial charge >= 0.3 is 5.97 Å². The fourth-order valence-electron chi connectivity index (χ4n) is 1.44. The van der Waals surface area contributed by atoms with Gasteiger partial charge in [-0.1, -0.05) is 12.1 Å². The lowest BCUT2D eigenvalue weighted by Gasteiger charge is -2.14. The van der Waals surface area contributed by atoms with Crippen LogP contribution in [-0.2, 0) is 14.3 Å². The van der Waals surface area contributed by atoms with Crippen molar-refractivity contribution < 1.29 is 28.9 Å². The zero-order valence-electron chi connectivity index (χ0n) is 11.3. The summed E-state index contributed by atoms with van der Waals surface area (Å²) in [5.74, 6) is -0.380. The molecule has 0 bridgehead atoms. The van der Waals surface area contributed by atoms with Crippen molar-refractivity contribution >= 4 is 11.9 Å². The Morgan fingerprint density at radius 3 is 2.45 bits per heavy atom. The molecular weight excluding hydrogens is 266 g/mol. The number of hydrogen-bond acceptors (Lipinski definition) is 6. The standard InChI is InChI=1S/C13H17NO6/c1-18-10-5-3-4-6-11(10)20-8-12(16)14-9(7-15)13(17)19-2/h3-6,9,15H,7-8H2,1-2H3,(H,14,16). The number of ether oxygens (including phenoxy) is 3. The predicted octanol–water partition coefficient (Wildman–Crippen LogP) is -0.276. The van der Waals surface area contributed by atoms with Gasteiger partial charge in [0.05, 0.1) is 20.8 Å². The summed E-state index contributed by atoms with van der Waals surface area (Å²) in [4.78, 5) is 22.8. The number of hydrogen-bond donors (Lipinski definition) is 2. The van der Waals surface area contributed by atoms with Crippen LogP contribution in [0.1, 0.15) is 0 Å². The molecule has 0 spiro atoms. The van der Waals surface area contributed by atoms with Crippen LogP contribution in [0.3, 0.4) is 0 Å². The van der Waals surface area contributed by atoms with Gasteiger partial charge in [-0.25, -0.2) is 4.79 Å². The third-order valence-electron chi connectivity index (χ3n) is 2.43. The summed E-state index contributed by atoms with van der Waals surface area (Å²) in [6, 6.07) is 5.74. The summed E-state index contributed by atoms with van der Waals surface area (Å²) < 4.78 is 14.8. The normalized spacial score (nSPS) is 11.3. The van der Waals surface area contributed by atoms with Gasteiger partial charge < -0.3 is 24.6 Å². The summed E-state index contributed by atoms with van der Waals surface area (Å²) in [5.41, 5.74) is 0. The number of carbonyl (C=O) groups is 2. The van der Waals surface area contributed by atoms with Crippen LogP contribution in [-0.4, -0.2) is 50.5 Å². The number of amides is 1. The van der Waals surface area contributed by atoms with Crippen LogP contribution in [0.15, 0.2) is 24.3 Å². The smallest absolute Gasteiger partial charge is 0.330 e. The van der Waals surface area contributed by atoms with Crippen molar-refractivity contribution in [2.45, 2.75) is 6.04 Å². The monoisotopic (exact) mass is 283 g/mol. The number of methoxy groups -OCH3 is 2. The van der Waals surface area contributed by atoms with Crippen molar-refractivity contribution in [3.8, 4) is 11.5 Å². The molecule has 1 unspecified atom stereocenters. The SMILES string of the molecule is COC(=O)C(CO)NC(=O)COc1ccccc1OC. The van der Waals surface area contributed by atoms with Crippen LogP contribution in [0.4, 0.5) is 0 Å². The Kier molecular flexibility index (Phi) is 6.31. The molecule has 1 amide bonds. The number of aliphatic hydroxyl groups excluding tert-OH is 1. The zero-order valence-corrected chi connectivity index (χ0v) is 11.3. The molecule has 0 aliphatic heterocycles. The van der Waals surface area contributed by atoms with Crippen LogP contribution in [0.5, 0.6) is 11.5 Å². The zero-order chi connectivity index (χ0) is 15.0. The molecule has 1 rings (SSSR count). The number of para-hydroxylation sites is 2. The van der Waals surface area contributed by atoms with Gasteiger partial charge in [0.1, 0.15) is 0 Å². The van der Waals surface area contributed by atoms with Crippen LogP contribution >= 0.6 is 0 Å². The fraction of sp³-hybridized carbons (Fsp3) is 0.385. The van der Waals surface area contributed by atoms with Gasteiger partial charge in [0.25, 0.3) is 5.91 Å². The maximum absolute atomic E-state index is 11.6. The topological polar surface area (TPSA) is 94.1 Å². The van der Waals surface area contributed by atoms with Gasteiger partial charge in [0.15, 0.2) is 24.1 Å². The molecule has 2 N–H and O–H groups in total. The molecule has 7 nitrogen and oxygen atoms in total. The van der Waals surface area contributed by atoms with Crippen molar-refractivity contribution in [1.29, 1.82) is 0 Å². The van der Waals surface area contributed by atoms with Crippen LogP contribution < -0.4 is 14.8 Å². The van der Waals surface area contributed by atoms with E-state index in [1.54, 1.807) is 24.3 Å². The Balaban J connectivity index is 2.52. The van der Waals surface area contributed by atoms with Gasteiger partial charge in [-0.15, -0.1) is 0 Å². The van der Waals surface area contributed by atoms with E-state index in [0.29, 0.717) is 11.5 Å². The molecule has 20 heavy (non-hydrogen) atoms. The molecule has 110 valence electrons. The Morgan fingerprint density at radius 1 is 1.25 bits per heavy atom. The minimum atomic E-state index is -1.10. The average molecular weight is 283 g/mol. The fourth-order valence-corrected chi connectivity index (χ4v) is 1.44. The first-order valence-corrected chi connectivity index (χ1v) is 5.86. The summed E-state index contributed by atoms with van der Waals surface area (Å²) in [6.07, 6.45) is 0. The Hall–Kier alpha value is -2.28. The van der Waals surface area contributed by atoms with Crippen molar-refractivity contribution in [2.75, 3.05) is 27.4 Å². The molecule has 0 aromatic heterocycles. The van der Waals surface area contributed by atoms with Crippen molar-refractivity contribution in [3.63, 3.8) is 0 Å². The van der Waals surface area contributed by atoms with E-state index in [4.69, 9.17) is 14.6 Å². The molecule has 7 heteroatoms. The summed E-state index contributed by atoms with van der Waals surface area (Å²) >= 11 is 0. The second kappa shape index (κ2) is 8.00. The van der Waals surface area contributed by atoms with Crippen molar-refractivity contribution in [3.05, 3.63) is 24.3 Å². The molecular formula is C13H17NO6. The molecule has 0 saturated heterocycles. The number of carbonyl (C=O) groups excluding carboxylic acids is 2. The first-order valence-electron chi connectivity index (χ1n) is 5.86. The molecule has 0 radical (unpaired) electrons. The molecule has 1 aromatic carbocycles. The Bertz CT molecular complexity index is 462. The number of esters is 1. The van der Waals surface area contributed by atoms with E-state index in [1.807, 2.05) is 0 Å². The van der Waals surface area contributed by atoms with E-state index < -0.39 is 24.5 Å². The highest BCUT2D eigenvalue weighted by atomic mass is 16.5. The minimum Gasteiger partial charge on any atom is -0.493 e. The van der Waals surface area contributed by atoms with Gasteiger partial charge in [-0.2, -0.15) is 0 Å². The molecule has 0 fully saturated rings. The number of aliphatic hydroxyl groups is 1. The van der Waals surface area contributed by atoms with Crippen molar-refractivity contribution in [1.82, 2.24) is 5.32 Å². The van der Waals surface area contributed by atoms with E-state index >= 15 is 0 Å². The second-order valence-electron chi connectivity index (χ2n) is 3.77. The number of benzene rings is 1. The highest BCUT2D eigenvalue weighted by molar-refractivity contribution is 5.85. The van der Waals surface area contributed by atoms with E-state index in [0.717, 1.165) is 0 Å². The Labute approximate surface area is 116 Å². The maximum atomic E-state index is 11.6. The lowest BCUT2D eigenvalue weighted by atomic mass is 10.3. The third-order valence-corrected chi connectivity index (χ3v) is 2.43. The summed E-state index contributed by atoms with van der Waals surface area (Å²) in [5, 5.41) is 11.3. The van der Waals surface area contributed by atoms with Crippen molar-refractivity contribution in [2.24, 2.45) is 0 Å². The van der Waals surface area contributed by atoms with Crippen LogP contribution in [0, 0.1) is 0 Å². The van der Waals surface area contributed by atoms with Gasteiger partial charge in [-0.3, -0.25) is 4.79 Å². The minimum absolute atomic E-state index is 0.312. The van der Waals surface area contributed by atoms with Gasteiger partial charge in [-0.05, 0) is 12.1 Å². The molecule has 1 aromatic rings. The largest absolute Gasteiger partial charge is 0.493 e. The second-order valence-corrected chi connectivity index (χ2v) is 3.77. The highest BCUT2D eigenvalue weighted by Gasteiger charge is 2.20. The maximum Gasteiger partial charge on any atom is 0.330 e. The van der Waals surface area contributed by atoms with Gasteiger partial charge in [0, 0.05) is 0 Å². The molecule has 0 saturated carbocycles. The molecule has 0 aliphatic rings. The Morgan fingerprint density at radius 2 is 1.90 bits per heavy atom. The summed E-state index contributed by atoms with van der Waals surface area (Å²) in [7, 11) is 2.66. The highest BCUT2D eigenvalue weighted by Crippen LogP contribution is 2.25. The number of rotatable bonds is 7. The average Bonchev–Trinajstić information content (AvgIpc) is 2.49. The van der Waals surface area contributed by atoms with E-state index in [2.05, 4.69) is 10.1 Å². The lowest BCUT2D eigenvalue weighted by Crippen LogP contribution is -2.45. The molecule has 0 heterocycles. The predicted molar refractivity (Wildman–Crippen MR) is 69.5 cm³/mol. The lowest BCUT2D eigenvalue weighted by molar-refractivity contribution is -0.146. The molecule has 0 aliphatic carbocycles. The van der Waals surface area contributed by atoms with E-state index in [-0.39, 0.29) is 6.61 Å². The quantitative estimate of drug-likeness (QED) is 0.669. The van der Waals surface area contributed by atoms with Gasteiger partial charge in [0.2, 0.25) is 0 Å². The van der Waals surface area contributed by atoms with Crippen LogP contribution in [0.25, 0.3) is 0 Å².